The second-order valence-corrected chi connectivity index (χ2v) is 4.18. The van der Waals surface area contributed by atoms with Crippen LogP contribution in [0.15, 0.2) is 0 Å². The van der Waals surface area contributed by atoms with Gasteiger partial charge >= 0.3 is 0 Å². The smallest absolute Gasteiger partial charge is 0.0695 e. The van der Waals surface area contributed by atoms with Crippen LogP contribution >= 0.6 is 0 Å². The Morgan fingerprint density at radius 1 is 1.21 bits per heavy atom. The van der Waals surface area contributed by atoms with Crippen LogP contribution in [-0.4, -0.2) is 47.0 Å². The molecule has 0 spiro atoms. The summed E-state index contributed by atoms with van der Waals surface area (Å²) in [5.41, 5.74) is 0. The average Bonchev–Trinajstić information content (AvgIpc) is 2.18. The Bertz CT molecular complexity index is 146. The SMILES string of the molecule is CCCN(CCO)[C@H]1CCCC[C@@H]1O. The molecule has 1 rings (SSSR count). The molecule has 0 aromatic rings. The first-order valence-corrected chi connectivity index (χ1v) is 5.82. The van der Waals surface area contributed by atoms with Crippen LogP contribution in [0, 0.1) is 0 Å². The third-order valence-corrected chi connectivity index (χ3v) is 3.06. The van der Waals surface area contributed by atoms with E-state index in [1.807, 2.05) is 0 Å². The molecule has 1 aliphatic rings. The topological polar surface area (TPSA) is 43.7 Å². The number of aliphatic hydroxyl groups is 2. The Labute approximate surface area is 86.7 Å². The molecular formula is C11H23NO2. The van der Waals surface area contributed by atoms with Crippen molar-refractivity contribution in [3.8, 4) is 0 Å². The minimum absolute atomic E-state index is 0.179. The van der Waals surface area contributed by atoms with Crippen LogP contribution in [0.1, 0.15) is 39.0 Å². The largest absolute Gasteiger partial charge is 0.395 e. The fourth-order valence-electron chi connectivity index (χ4n) is 2.38. The van der Waals surface area contributed by atoms with Crippen molar-refractivity contribution in [2.24, 2.45) is 0 Å². The highest BCUT2D eigenvalue weighted by Crippen LogP contribution is 2.23. The molecule has 0 bridgehead atoms. The van der Waals surface area contributed by atoms with Gasteiger partial charge in [-0.05, 0) is 25.8 Å². The molecule has 0 aliphatic heterocycles. The number of hydrogen-bond acceptors (Lipinski definition) is 3. The van der Waals surface area contributed by atoms with Crippen LogP contribution in [0.25, 0.3) is 0 Å². The van der Waals surface area contributed by atoms with Gasteiger partial charge in [-0.2, -0.15) is 0 Å². The molecule has 2 N–H and O–H groups in total. The van der Waals surface area contributed by atoms with E-state index in [2.05, 4.69) is 11.8 Å². The summed E-state index contributed by atoms with van der Waals surface area (Å²) in [5.74, 6) is 0. The maximum Gasteiger partial charge on any atom is 0.0695 e. The van der Waals surface area contributed by atoms with E-state index in [0.717, 1.165) is 32.2 Å². The molecule has 0 amide bonds. The fourth-order valence-corrected chi connectivity index (χ4v) is 2.38. The van der Waals surface area contributed by atoms with Crippen molar-refractivity contribution < 1.29 is 10.2 Å². The van der Waals surface area contributed by atoms with Crippen molar-refractivity contribution in [2.75, 3.05) is 19.7 Å². The molecule has 0 radical (unpaired) electrons. The van der Waals surface area contributed by atoms with E-state index >= 15 is 0 Å². The lowest BCUT2D eigenvalue weighted by Gasteiger charge is -2.37. The molecule has 1 aliphatic carbocycles. The van der Waals surface area contributed by atoms with E-state index in [1.165, 1.54) is 6.42 Å². The highest BCUT2D eigenvalue weighted by Gasteiger charge is 2.27. The Balaban J connectivity index is 2.46. The summed E-state index contributed by atoms with van der Waals surface area (Å²) in [6.45, 7) is 4.03. The summed E-state index contributed by atoms with van der Waals surface area (Å²) in [6.07, 6.45) is 5.28. The lowest BCUT2D eigenvalue weighted by Crippen LogP contribution is -2.46. The van der Waals surface area contributed by atoms with Crippen LogP contribution in [0.5, 0.6) is 0 Å². The first-order chi connectivity index (χ1) is 6.79. The van der Waals surface area contributed by atoms with Gasteiger partial charge < -0.3 is 10.2 Å². The van der Waals surface area contributed by atoms with Crippen molar-refractivity contribution in [1.82, 2.24) is 4.90 Å². The van der Waals surface area contributed by atoms with E-state index in [0.29, 0.717) is 6.54 Å². The quantitative estimate of drug-likeness (QED) is 0.697. The fraction of sp³-hybridized carbons (Fsp3) is 1.00. The van der Waals surface area contributed by atoms with E-state index in [1.54, 1.807) is 0 Å². The second kappa shape index (κ2) is 6.38. The minimum atomic E-state index is -0.179. The molecule has 1 fully saturated rings. The van der Waals surface area contributed by atoms with Gasteiger partial charge in [0.1, 0.15) is 0 Å². The molecule has 0 heterocycles. The molecule has 0 saturated heterocycles. The Morgan fingerprint density at radius 3 is 2.50 bits per heavy atom. The van der Waals surface area contributed by atoms with Gasteiger partial charge in [-0.1, -0.05) is 19.8 Å². The standard InChI is InChI=1S/C11H23NO2/c1-2-7-12(8-9-13)10-5-3-4-6-11(10)14/h10-11,13-14H,2-9H2,1H3/t10-,11-/m0/s1. The van der Waals surface area contributed by atoms with Gasteiger partial charge in [-0.3, -0.25) is 4.90 Å². The number of nitrogens with zero attached hydrogens (tertiary/aromatic N) is 1. The van der Waals surface area contributed by atoms with Gasteiger partial charge in [0, 0.05) is 12.6 Å². The van der Waals surface area contributed by atoms with Gasteiger partial charge in [0.2, 0.25) is 0 Å². The van der Waals surface area contributed by atoms with Crippen molar-refractivity contribution >= 4 is 0 Å². The normalized spacial score (nSPS) is 28.3. The highest BCUT2D eigenvalue weighted by molar-refractivity contribution is 4.82. The van der Waals surface area contributed by atoms with Gasteiger partial charge in [0.15, 0.2) is 0 Å². The summed E-state index contributed by atoms with van der Waals surface area (Å²) < 4.78 is 0. The molecule has 84 valence electrons. The van der Waals surface area contributed by atoms with E-state index < -0.39 is 0 Å². The molecule has 3 heteroatoms. The zero-order chi connectivity index (χ0) is 10.4. The third-order valence-electron chi connectivity index (χ3n) is 3.06. The van der Waals surface area contributed by atoms with Crippen molar-refractivity contribution in [2.45, 2.75) is 51.2 Å². The molecule has 0 aromatic carbocycles. The third kappa shape index (κ3) is 3.23. The highest BCUT2D eigenvalue weighted by atomic mass is 16.3. The Hall–Kier alpha value is -0.120. The van der Waals surface area contributed by atoms with Crippen LogP contribution in [-0.2, 0) is 0 Å². The molecule has 0 unspecified atom stereocenters. The molecule has 0 aromatic heterocycles. The lowest BCUT2D eigenvalue weighted by atomic mass is 9.91. The summed E-state index contributed by atoms with van der Waals surface area (Å²) in [6, 6.07) is 0.288. The number of hydrogen-bond donors (Lipinski definition) is 2. The van der Waals surface area contributed by atoms with Crippen molar-refractivity contribution in [1.29, 1.82) is 0 Å². The maximum absolute atomic E-state index is 9.87. The monoisotopic (exact) mass is 201 g/mol. The predicted octanol–water partition coefficient (Wildman–Crippen LogP) is 0.994. The first-order valence-electron chi connectivity index (χ1n) is 5.82. The summed E-state index contributed by atoms with van der Waals surface area (Å²) >= 11 is 0. The van der Waals surface area contributed by atoms with Gasteiger partial charge in [-0.15, -0.1) is 0 Å². The summed E-state index contributed by atoms with van der Waals surface area (Å²) in [4.78, 5) is 2.24. The zero-order valence-electron chi connectivity index (χ0n) is 9.15. The van der Waals surface area contributed by atoms with Gasteiger partial charge in [0.05, 0.1) is 12.7 Å². The van der Waals surface area contributed by atoms with Crippen LogP contribution in [0.4, 0.5) is 0 Å². The number of rotatable bonds is 5. The summed E-state index contributed by atoms with van der Waals surface area (Å²) in [7, 11) is 0. The summed E-state index contributed by atoms with van der Waals surface area (Å²) in [5, 5.41) is 18.8. The van der Waals surface area contributed by atoms with Gasteiger partial charge in [-0.25, -0.2) is 0 Å². The maximum atomic E-state index is 9.87. The lowest BCUT2D eigenvalue weighted by molar-refractivity contribution is 0.0128. The predicted molar refractivity (Wildman–Crippen MR) is 57.2 cm³/mol. The molecule has 3 nitrogen and oxygen atoms in total. The van der Waals surface area contributed by atoms with Crippen LogP contribution in [0.2, 0.25) is 0 Å². The minimum Gasteiger partial charge on any atom is -0.395 e. The van der Waals surface area contributed by atoms with Crippen LogP contribution < -0.4 is 0 Å². The zero-order valence-corrected chi connectivity index (χ0v) is 9.15. The molecule has 1 saturated carbocycles. The van der Waals surface area contributed by atoms with E-state index in [4.69, 9.17) is 5.11 Å². The van der Waals surface area contributed by atoms with Crippen LogP contribution in [0.3, 0.4) is 0 Å². The molecule has 2 atom stereocenters. The first kappa shape index (κ1) is 12.0. The van der Waals surface area contributed by atoms with Crippen molar-refractivity contribution in [3.05, 3.63) is 0 Å². The van der Waals surface area contributed by atoms with Crippen molar-refractivity contribution in [3.63, 3.8) is 0 Å². The Morgan fingerprint density at radius 2 is 1.93 bits per heavy atom. The Kier molecular flexibility index (Phi) is 5.45. The second-order valence-electron chi connectivity index (χ2n) is 4.18. The average molecular weight is 201 g/mol. The van der Waals surface area contributed by atoms with E-state index in [-0.39, 0.29) is 18.8 Å². The number of aliphatic hydroxyl groups excluding tert-OH is 2. The van der Waals surface area contributed by atoms with E-state index in [9.17, 15) is 5.11 Å². The van der Waals surface area contributed by atoms with Gasteiger partial charge in [0.25, 0.3) is 0 Å². The molecular weight excluding hydrogens is 178 g/mol. The molecule has 14 heavy (non-hydrogen) atoms.